The lowest BCUT2D eigenvalue weighted by atomic mass is 9.96. The van der Waals surface area contributed by atoms with Crippen LogP contribution in [0.25, 0.3) is 11.3 Å². The van der Waals surface area contributed by atoms with Crippen molar-refractivity contribution in [1.29, 1.82) is 0 Å². The minimum absolute atomic E-state index is 0. The number of hydrogen-bond donors (Lipinski definition) is 2. The third kappa shape index (κ3) is 5.71. The number of aromatic nitrogens is 2. The van der Waals surface area contributed by atoms with E-state index in [0.717, 1.165) is 36.3 Å². The molecule has 6 heteroatoms. The molecule has 1 amide bonds. The molecule has 2 aromatic carbocycles. The maximum absolute atomic E-state index is 13.0. The van der Waals surface area contributed by atoms with Crippen molar-refractivity contribution in [2.24, 2.45) is 5.92 Å². The topological polar surface area (TPSA) is 59.0 Å². The van der Waals surface area contributed by atoms with Gasteiger partial charge in [0.1, 0.15) is 5.69 Å². The van der Waals surface area contributed by atoms with Gasteiger partial charge in [-0.3, -0.25) is 9.48 Å². The first-order valence-electron chi connectivity index (χ1n) is 10.5. The molecule has 0 aliphatic carbocycles. The van der Waals surface area contributed by atoms with Gasteiger partial charge in [-0.15, -0.1) is 12.4 Å². The first-order chi connectivity index (χ1) is 14.3. The molecule has 1 fully saturated rings. The normalized spacial score (nSPS) is 15.9. The van der Waals surface area contributed by atoms with Crippen molar-refractivity contribution in [2.75, 3.05) is 19.6 Å². The number of nitrogens with one attached hydrogen (secondary N) is 2. The molecule has 2 heterocycles. The van der Waals surface area contributed by atoms with Crippen LogP contribution in [0.15, 0.2) is 66.9 Å². The Balaban J connectivity index is 0.00000256. The molecular weight excluding hydrogens is 396 g/mol. The Morgan fingerprint density at radius 2 is 1.83 bits per heavy atom. The van der Waals surface area contributed by atoms with Gasteiger partial charge in [0.15, 0.2) is 0 Å². The highest BCUT2D eigenvalue weighted by molar-refractivity contribution is 5.99. The van der Waals surface area contributed by atoms with Crippen LogP contribution in [-0.2, 0) is 6.54 Å². The van der Waals surface area contributed by atoms with Crippen LogP contribution in [0, 0.1) is 5.92 Å². The summed E-state index contributed by atoms with van der Waals surface area (Å²) in [6, 6.07) is 20.1. The van der Waals surface area contributed by atoms with Crippen LogP contribution >= 0.6 is 12.4 Å². The Labute approximate surface area is 184 Å². The number of amides is 1. The van der Waals surface area contributed by atoms with Gasteiger partial charge in [0, 0.05) is 18.3 Å². The molecular formula is C24H29ClN4O. The van der Waals surface area contributed by atoms with Gasteiger partial charge in [-0.25, -0.2) is 0 Å². The monoisotopic (exact) mass is 424 g/mol. The quantitative estimate of drug-likeness (QED) is 0.599. The predicted molar refractivity (Wildman–Crippen MR) is 123 cm³/mol. The minimum atomic E-state index is -0.0491. The molecule has 1 aliphatic heterocycles. The largest absolute Gasteiger partial charge is 0.352 e. The number of piperidine rings is 1. The van der Waals surface area contributed by atoms with E-state index in [-0.39, 0.29) is 18.3 Å². The molecule has 4 rings (SSSR count). The Kier molecular flexibility index (Phi) is 8.05. The summed E-state index contributed by atoms with van der Waals surface area (Å²) in [4.78, 5) is 13.0. The second kappa shape index (κ2) is 11.0. The Morgan fingerprint density at radius 3 is 2.53 bits per heavy atom. The summed E-state index contributed by atoms with van der Waals surface area (Å²) >= 11 is 0. The summed E-state index contributed by atoms with van der Waals surface area (Å²) < 4.78 is 1.86. The van der Waals surface area contributed by atoms with E-state index in [2.05, 4.69) is 22.8 Å². The molecule has 1 aromatic heterocycles. The number of carbonyl (C=O) groups excluding carboxylic acids is 1. The van der Waals surface area contributed by atoms with E-state index in [1.54, 1.807) is 0 Å². The van der Waals surface area contributed by atoms with Crippen molar-refractivity contribution >= 4 is 18.3 Å². The molecule has 1 saturated heterocycles. The van der Waals surface area contributed by atoms with Gasteiger partial charge in [-0.2, -0.15) is 5.10 Å². The van der Waals surface area contributed by atoms with E-state index in [0.29, 0.717) is 24.6 Å². The van der Waals surface area contributed by atoms with E-state index in [9.17, 15) is 4.79 Å². The molecule has 1 atom stereocenters. The first kappa shape index (κ1) is 22.1. The van der Waals surface area contributed by atoms with Gasteiger partial charge < -0.3 is 10.6 Å². The number of benzene rings is 2. The van der Waals surface area contributed by atoms with Crippen LogP contribution in [0.1, 0.15) is 35.2 Å². The van der Waals surface area contributed by atoms with Crippen molar-refractivity contribution in [3.63, 3.8) is 0 Å². The average molecular weight is 425 g/mol. The van der Waals surface area contributed by atoms with Gasteiger partial charge in [0.2, 0.25) is 0 Å². The molecule has 0 spiro atoms. The predicted octanol–water partition coefficient (Wildman–Crippen LogP) is 4.14. The maximum Gasteiger partial charge on any atom is 0.255 e. The van der Waals surface area contributed by atoms with Gasteiger partial charge in [-0.1, -0.05) is 60.7 Å². The second-order valence-corrected chi connectivity index (χ2v) is 7.70. The second-order valence-electron chi connectivity index (χ2n) is 7.70. The zero-order valence-electron chi connectivity index (χ0n) is 17.1. The highest BCUT2D eigenvalue weighted by Gasteiger charge is 2.19. The van der Waals surface area contributed by atoms with Crippen molar-refractivity contribution in [3.05, 3.63) is 78.0 Å². The molecule has 0 radical (unpaired) electrons. The van der Waals surface area contributed by atoms with Gasteiger partial charge >= 0.3 is 0 Å². The van der Waals surface area contributed by atoms with E-state index in [1.807, 2.05) is 59.4 Å². The molecule has 0 saturated carbocycles. The third-order valence-electron chi connectivity index (χ3n) is 5.48. The zero-order chi connectivity index (χ0) is 19.9. The number of rotatable bonds is 7. The van der Waals surface area contributed by atoms with E-state index in [1.165, 1.54) is 12.8 Å². The van der Waals surface area contributed by atoms with Crippen LogP contribution in [0.5, 0.6) is 0 Å². The molecule has 2 N–H and O–H groups in total. The Hall–Kier alpha value is -2.63. The molecule has 158 valence electrons. The van der Waals surface area contributed by atoms with Crippen LogP contribution in [0.2, 0.25) is 0 Å². The average Bonchev–Trinajstić information content (AvgIpc) is 3.20. The number of nitrogens with zero attached hydrogens (tertiary/aromatic N) is 2. The lowest BCUT2D eigenvalue weighted by Crippen LogP contribution is -2.33. The van der Waals surface area contributed by atoms with Crippen LogP contribution < -0.4 is 10.6 Å². The van der Waals surface area contributed by atoms with Gasteiger partial charge in [0.05, 0.1) is 12.1 Å². The number of carbonyl (C=O) groups is 1. The van der Waals surface area contributed by atoms with Crippen LogP contribution in [0.3, 0.4) is 0 Å². The summed E-state index contributed by atoms with van der Waals surface area (Å²) in [6.07, 6.45) is 5.35. The first-order valence-corrected chi connectivity index (χ1v) is 10.5. The lowest BCUT2D eigenvalue weighted by molar-refractivity contribution is 0.0951. The van der Waals surface area contributed by atoms with Crippen LogP contribution in [0.4, 0.5) is 0 Å². The van der Waals surface area contributed by atoms with E-state index in [4.69, 9.17) is 5.10 Å². The smallest absolute Gasteiger partial charge is 0.255 e. The molecule has 30 heavy (non-hydrogen) atoms. The molecule has 0 bridgehead atoms. The molecule has 1 aliphatic rings. The van der Waals surface area contributed by atoms with Crippen molar-refractivity contribution in [2.45, 2.75) is 25.8 Å². The maximum atomic E-state index is 13.0. The standard InChI is InChI=1S/C24H28N4O.ClH/c29-24(26-15-13-19-10-7-14-25-16-19)22-18-28(17-20-8-3-1-4-9-20)27-23(22)21-11-5-2-6-12-21;/h1-6,8-9,11-12,18-19,25H,7,10,13-17H2,(H,26,29);1H. The van der Waals surface area contributed by atoms with E-state index >= 15 is 0 Å². The fraction of sp³-hybridized carbons (Fsp3) is 0.333. The van der Waals surface area contributed by atoms with Gasteiger partial charge in [-0.05, 0) is 43.8 Å². The lowest BCUT2D eigenvalue weighted by Gasteiger charge is -2.22. The summed E-state index contributed by atoms with van der Waals surface area (Å²) in [7, 11) is 0. The summed E-state index contributed by atoms with van der Waals surface area (Å²) in [5, 5.41) is 11.3. The molecule has 3 aromatic rings. The zero-order valence-corrected chi connectivity index (χ0v) is 17.9. The summed E-state index contributed by atoms with van der Waals surface area (Å²) in [6.45, 7) is 3.51. The van der Waals surface area contributed by atoms with Crippen molar-refractivity contribution in [1.82, 2.24) is 20.4 Å². The van der Waals surface area contributed by atoms with E-state index < -0.39 is 0 Å². The molecule has 1 unspecified atom stereocenters. The van der Waals surface area contributed by atoms with Crippen LogP contribution in [-0.4, -0.2) is 35.3 Å². The Bertz CT molecular complexity index is 921. The van der Waals surface area contributed by atoms with Gasteiger partial charge in [0.25, 0.3) is 5.91 Å². The number of halogens is 1. The number of hydrogen-bond acceptors (Lipinski definition) is 3. The highest BCUT2D eigenvalue weighted by Crippen LogP contribution is 2.22. The highest BCUT2D eigenvalue weighted by atomic mass is 35.5. The molecule has 5 nitrogen and oxygen atoms in total. The van der Waals surface area contributed by atoms with Crippen molar-refractivity contribution in [3.8, 4) is 11.3 Å². The van der Waals surface area contributed by atoms with Crippen molar-refractivity contribution < 1.29 is 4.79 Å². The SMILES string of the molecule is Cl.O=C(NCCC1CCCNC1)c1cn(Cc2ccccc2)nc1-c1ccccc1. The summed E-state index contributed by atoms with van der Waals surface area (Å²) in [5.41, 5.74) is 3.49. The Morgan fingerprint density at radius 1 is 1.10 bits per heavy atom. The minimum Gasteiger partial charge on any atom is -0.352 e. The fourth-order valence-corrected chi connectivity index (χ4v) is 3.90. The summed E-state index contributed by atoms with van der Waals surface area (Å²) in [5.74, 6) is 0.602. The third-order valence-corrected chi connectivity index (χ3v) is 5.48. The fourth-order valence-electron chi connectivity index (χ4n) is 3.90.